The summed E-state index contributed by atoms with van der Waals surface area (Å²) in [6.45, 7) is 3.72. The molecule has 2 heterocycles. The van der Waals surface area contributed by atoms with E-state index >= 15 is 0 Å². The van der Waals surface area contributed by atoms with Crippen molar-refractivity contribution in [3.8, 4) is 0 Å². The average molecular weight is 365 g/mol. The molecule has 6 nitrogen and oxygen atoms in total. The molecular formula is C18H25ClN4O2. The van der Waals surface area contributed by atoms with Crippen LogP contribution in [0.25, 0.3) is 10.9 Å². The number of ether oxygens (including phenoxy) is 2. The highest BCUT2D eigenvalue weighted by Gasteiger charge is 2.22. The number of morpholine rings is 1. The zero-order valence-corrected chi connectivity index (χ0v) is 15.5. The van der Waals surface area contributed by atoms with Gasteiger partial charge in [-0.3, -0.25) is 4.99 Å². The van der Waals surface area contributed by atoms with Crippen LogP contribution in [0, 0.1) is 0 Å². The summed E-state index contributed by atoms with van der Waals surface area (Å²) in [6.07, 6.45) is 3.04. The zero-order chi connectivity index (χ0) is 17.6. The van der Waals surface area contributed by atoms with Gasteiger partial charge in [0.2, 0.25) is 0 Å². The number of aliphatic imine (C=N–C) groups is 1. The van der Waals surface area contributed by atoms with Crippen LogP contribution in [-0.2, 0) is 15.9 Å². The molecular weight excluding hydrogens is 340 g/mol. The first-order chi connectivity index (χ1) is 12.2. The van der Waals surface area contributed by atoms with E-state index in [0.717, 1.165) is 42.6 Å². The largest absolute Gasteiger partial charge is 0.382 e. The number of aromatic amines is 1. The Morgan fingerprint density at radius 3 is 3.20 bits per heavy atom. The smallest absolute Gasteiger partial charge is 0.193 e. The third-order valence-electron chi connectivity index (χ3n) is 4.41. The van der Waals surface area contributed by atoms with Gasteiger partial charge in [0.15, 0.2) is 5.96 Å². The first-order valence-electron chi connectivity index (χ1n) is 8.53. The predicted octanol–water partition coefficient (Wildman–Crippen LogP) is 2.29. The van der Waals surface area contributed by atoms with Gasteiger partial charge >= 0.3 is 0 Å². The van der Waals surface area contributed by atoms with Crippen LogP contribution in [0.3, 0.4) is 0 Å². The van der Waals surface area contributed by atoms with E-state index in [1.165, 1.54) is 10.9 Å². The molecule has 0 amide bonds. The third-order valence-corrected chi connectivity index (χ3v) is 4.64. The molecule has 2 N–H and O–H groups in total. The second-order valence-electron chi connectivity index (χ2n) is 6.12. The van der Waals surface area contributed by atoms with Crippen LogP contribution in [0.2, 0.25) is 5.02 Å². The zero-order valence-electron chi connectivity index (χ0n) is 14.7. The van der Waals surface area contributed by atoms with E-state index in [1.54, 1.807) is 7.11 Å². The van der Waals surface area contributed by atoms with Gasteiger partial charge in [0.1, 0.15) is 0 Å². The Bertz CT molecular complexity index is 729. The maximum atomic E-state index is 6.12. The fourth-order valence-electron chi connectivity index (χ4n) is 3.20. The Kier molecular flexibility index (Phi) is 6.18. The molecule has 1 unspecified atom stereocenters. The fraction of sp³-hybridized carbons (Fsp3) is 0.500. The van der Waals surface area contributed by atoms with Crippen molar-refractivity contribution in [3.63, 3.8) is 0 Å². The number of H-pyrrole nitrogens is 1. The van der Waals surface area contributed by atoms with Crippen LogP contribution >= 0.6 is 11.6 Å². The molecule has 3 rings (SSSR count). The van der Waals surface area contributed by atoms with Crippen molar-refractivity contribution in [3.05, 3.63) is 35.0 Å². The molecule has 1 aliphatic heterocycles. The first-order valence-corrected chi connectivity index (χ1v) is 8.90. The lowest BCUT2D eigenvalue weighted by molar-refractivity contribution is -0.0447. The van der Waals surface area contributed by atoms with Crippen LogP contribution in [0.15, 0.2) is 29.4 Å². The number of nitrogens with one attached hydrogen (secondary N) is 2. The number of aromatic nitrogens is 1. The average Bonchev–Trinajstić information content (AvgIpc) is 3.01. The maximum Gasteiger partial charge on any atom is 0.193 e. The highest BCUT2D eigenvalue weighted by atomic mass is 35.5. The second-order valence-corrected chi connectivity index (χ2v) is 6.56. The number of hydrogen-bond donors (Lipinski definition) is 2. The molecule has 136 valence electrons. The molecule has 0 radical (unpaired) electrons. The summed E-state index contributed by atoms with van der Waals surface area (Å²) in [5, 5.41) is 5.39. The van der Waals surface area contributed by atoms with Gasteiger partial charge in [-0.05, 0) is 30.2 Å². The van der Waals surface area contributed by atoms with E-state index in [-0.39, 0.29) is 6.10 Å². The van der Waals surface area contributed by atoms with Crippen molar-refractivity contribution in [1.29, 1.82) is 0 Å². The van der Waals surface area contributed by atoms with Crippen molar-refractivity contribution in [2.75, 3.05) is 47.0 Å². The van der Waals surface area contributed by atoms with E-state index in [2.05, 4.69) is 26.4 Å². The standard InChI is InChI=1S/C18H25ClN4O2/c1-20-18(23-7-8-25-15(11-23)12-24-2)21-6-5-13-10-22-17-4-3-14(19)9-16(13)17/h3-4,9-10,15,22H,5-8,11-12H2,1-2H3,(H,20,21). The van der Waals surface area contributed by atoms with Gasteiger partial charge in [-0.2, -0.15) is 0 Å². The van der Waals surface area contributed by atoms with Crippen molar-refractivity contribution >= 4 is 28.5 Å². The summed E-state index contributed by atoms with van der Waals surface area (Å²) in [5.41, 5.74) is 2.36. The van der Waals surface area contributed by atoms with Gasteiger partial charge in [-0.15, -0.1) is 0 Å². The number of halogens is 1. The number of nitrogens with zero attached hydrogens (tertiary/aromatic N) is 2. The van der Waals surface area contributed by atoms with Gasteiger partial charge in [-0.25, -0.2) is 0 Å². The minimum atomic E-state index is 0.0908. The Labute approximate surface area is 153 Å². The minimum absolute atomic E-state index is 0.0908. The molecule has 0 bridgehead atoms. The summed E-state index contributed by atoms with van der Waals surface area (Å²) >= 11 is 6.12. The van der Waals surface area contributed by atoms with Gasteiger partial charge in [0.05, 0.1) is 19.3 Å². The molecule has 0 saturated carbocycles. The number of methoxy groups -OCH3 is 1. The number of rotatable bonds is 5. The molecule has 1 saturated heterocycles. The Morgan fingerprint density at radius 2 is 2.40 bits per heavy atom. The molecule has 1 aromatic heterocycles. The summed E-state index contributed by atoms with van der Waals surface area (Å²) in [4.78, 5) is 9.92. The van der Waals surface area contributed by atoms with Crippen molar-refractivity contribution in [2.24, 2.45) is 4.99 Å². The van der Waals surface area contributed by atoms with Gasteiger partial charge < -0.3 is 24.7 Å². The van der Waals surface area contributed by atoms with Crippen LogP contribution in [0.5, 0.6) is 0 Å². The lowest BCUT2D eigenvalue weighted by atomic mass is 10.1. The summed E-state index contributed by atoms with van der Waals surface area (Å²) in [5.74, 6) is 0.905. The molecule has 2 aromatic rings. The van der Waals surface area contributed by atoms with E-state index in [9.17, 15) is 0 Å². The monoisotopic (exact) mass is 364 g/mol. The van der Waals surface area contributed by atoms with E-state index in [4.69, 9.17) is 21.1 Å². The highest BCUT2D eigenvalue weighted by Crippen LogP contribution is 2.22. The van der Waals surface area contributed by atoms with Crippen molar-refractivity contribution < 1.29 is 9.47 Å². The van der Waals surface area contributed by atoms with Crippen LogP contribution in [0.4, 0.5) is 0 Å². The fourth-order valence-corrected chi connectivity index (χ4v) is 3.37. The van der Waals surface area contributed by atoms with Crippen LogP contribution < -0.4 is 5.32 Å². The number of benzene rings is 1. The second kappa shape index (κ2) is 8.56. The molecule has 1 aliphatic rings. The first kappa shape index (κ1) is 18.0. The van der Waals surface area contributed by atoms with Crippen molar-refractivity contribution in [2.45, 2.75) is 12.5 Å². The molecule has 0 spiro atoms. The maximum absolute atomic E-state index is 6.12. The summed E-state index contributed by atoms with van der Waals surface area (Å²) < 4.78 is 10.9. The molecule has 1 aromatic carbocycles. The highest BCUT2D eigenvalue weighted by molar-refractivity contribution is 6.31. The molecule has 25 heavy (non-hydrogen) atoms. The predicted molar refractivity (Wildman–Crippen MR) is 102 cm³/mol. The van der Waals surface area contributed by atoms with Crippen LogP contribution in [0.1, 0.15) is 5.56 Å². The minimum Gasteiger partial charge on any atom is -0.382 e. The number of hydrogen-bond acceptors (Lipinski definition) is 3. The Hall–Kier alpha value is -1.76. The van der Waals surface area contributed by atoms with Gasteiger partial charge in [-0.1, -0.05) is 11.6 Å². The summed E-state index contributed by atoms with van der Waals surface area (Å²) in [6, 6.07) is 5.92. The Morgan fingerprint density at radius 1 is 1.52 bits per heavy atom. The van der Waals surface area contributed by atoms with Gasteiger partial charge in [0, 0.05) is 55.9 Å². The lowest BCUT2D eigenvalue weighted by Gasteiger charge is -2.34. The Balaban J connectivity index is 1.57. The number of fused-ring (bicyclic) bond motifs is 1. The quantitative estimate of drug-likeness (QED) is 0.631. The van der Waals surface area contributed by atoms with E-state index in [1.807, 2.05) is 25.2 Å². The lowest BCUT2D eigenvalue weighted by Crippen LogP contribution is -2.51. The van der Waals surface area contributed by atoms with Crippen LogP contribution in [-0.4, -0.2) is 69.0 Å². The van der Waals surface area contributed by atoms with E-state index in [0.29, 0.717) is 13.2 Å². The molecule has 0 aliphatic carbocycles. The number of guanidine groups is 1. The molecule has 1 atom stereocenters. The third kappa shape index (κ3) is 4.45. The van der Waals surface area contributed by atoms with Gasteiger partial charge in [0.25, 0.3) is 0 Å². The topological polar surface area (TPSA) is 61.9 Å². The molecule has 7 heteroatoms. The SMILES string of the molecule is CN=C(NCCc1c[nH]c2ccc(Cl)cc12)N1CCOC(COC)C1. The normalized spacial score (nSPS) is 18.8. The van der Waals surface area contributed by atoms with E-state index < -0.39 is 0 Å². The van der Waals surface area contributed by atoms with Crippen molar-refractivity contribution in [1.82, 2.24) is 15.2 Å². The molecule has 1 fully saturated rings. The summed E-state index contributed by atoms with van der Waals surface area (Å²) in [7, 11) is 3.51.